The largest absolute Gasteiger partial charge is 0.399 e. The number of nitrogen functional groups attached to an aromatic ring is 1. The number of nitrogens with two attached hydrogens (primary N) is 1. The lowest BCUT2D eigenvalue weighted by Gasteiger charge is -2.14. The number of nitrogens with zero attached hydrogens (tertiary/aromatic N) is 1. The van der Waals surface area contributed by atoms with E-state index in [0.717, 1.165) is 16.2 Å². The van der Waals surface area contributed by atoms with Crippen molar-refractivity contribution >= 4 is 23.2 Å². The van der Waals surface area contributed by atoms with Gasteiger partial charge in [0.2, 0.25) is 5.91 Å². The maximum atomic E-state index is 11.7. The predicted molar refractivity (Wildman–Crippen MR) is 65.4 cm³/mol. The molecule has 0 aliphatic carbocycles. The number of hydrogen-bond donors (Lipinski definition) is 2. The molecule has 1 heterocycles. The third kappa shape index (κ3) is 2.08. The van der Waals surface area contributed by atoms with E-state index in [9.17, 15) is 9.59 Å². The van der Waals surface area contributed by atoms with E-state index in [-0.39, 0.29) is 18.2 Å². The van der Waals surface area contributed by atoms with Gasteiger partial charge >= 0.3 is 0 Å². The zero-order chi connectivity index (χ0) is 12.6. The van der Waals surface area contributed by atoms with Crippen molar-refractivity contribution < 1.29 is 9.59 Å². The fourth-order valence-electron chi connectivity index (χ4n) is 1.90. The lowest BCUT2D eigenvalue weighted by atomic mass is 10.1. The van der Waals surface area contributed by atoms with Gasteiger partial charge in [-0.2, -0.15) is 0 Å². The summed E-state index contributed by atoms with van der Waals surface area (Å²) in [6.07, 6.45) is 0.207. The van der Waals surface area contributed by atoms with E-state index in [1.807, 2.05) is 19.1 Å². The Morgan fingerprint density at radius 3 is 2.65 bits per heavy atom. The van der Waals surface area contributed by atoms with E-state index in [1.54, 1.807) is 6.07 Å². The third-order valence-corrected chi connectivity index (χ3v) is 2.96. The van der Waals surface area contributed by atoms with Gasteiger partial charge in [0.15, 0.2) is 0 Å². The number of rotatable bonds is 2. The Kier molecular flexibility index (Phi) is 2.75. The van der Waals surface area contributed by atoms with Crippen LogP contribution in [-0.2, 0) is 9.59 Å². The van der Waals surface area contributed by atoms with E-state index < -0.39 is 6.04 Å². The molecule has 1 atom stereocenters. The van der Waals surface area contributed by atoms with Crippen molar-refractivity contribution in [2.24, 2.45) is 0 Å². The van der Waals surface area contributed by atoms with E-state index in [4.69, 9.17) is 5.73 Å². The molecule has 0 spiro atoms. The number of carbonyl (C=O) groups is 2. The minimum Gasteiger partial charge on any atom is -0.399 e. The average Bonchev–Trinajstić information content (AvgIpc) is 2.50. The Hall–Kier alpha value is -2.04. The minimum atomic E-state index is -0.463. The van der Waals surface area contributed by atoms with Crippen molar-refractivity contribution in [3.05, 3.63) is 23.8 Å². The van der Waals surface area contributed by atoms with Gasteiger partial charge in [0.25, 0.3) is 5.91 Å². The molecule has 1 aliphatic rings. The van der Waals surface area contributed by atoms with Crippen LogP contribution in [0.25, 0.3) is 0 Å². The summed E-state index contributed by atoms with van der Waals surface area (Å²) in [5.41, 5.74) is 8.12. The van der Waals surface area contributed by atoms with Crippen molar-refractivity contribution in [2.45, 2.75) is 19.4 Å². The molecule has 0 saturated carbocycles. The highest BCUT2D eigenvalue weighted by Gasteiger charge is 2.35. The second-order valence-corrected chi connectivity index (χ2v) is 4.27. The molecule has 5 nitrogen and oxygen atoms in total. The first kappa shape index (κ1) is 11.4. The molecule has 1 saturated heterocycles. The van der Waals surface area contributed by atoms with Gasteiger partial charge in [-0.3, -0.25) is 14.5 Å². The number of anilines is 2. The summed E-state index contributed by atoms with van der Waals surface area (Å²) in [6.45, 7) is 1.91. The molecule has 17 heavy (non-hydrogen) atoms. The summed E-state index contributed by atoms with van der Waals surface area (Å²) >= 11 is 0. The Labute approximate surface area is 99.6 Å². The molecule has 1 aromatic rings. The highest BCUT2D eigenvalue weighted by atomic mass is 16.2. The number of carbonyl (C=O) groups excluding carboxylic acids is 2. The maximum absolute atomic E-state index is 11.7. The van der Waals surface area contributed by atoms with Crippen molar-refractivity contribution in [1.82, 2.24) is 4.90 Å². The maximum Gasteiger partial charge on any atom is 0.251 e. The first-order chi connectivity index (χ1) is 7.99. The SMILES string of the molecule is Cc1cc(N)ccc1NC1CC(=O)N(C)C1=O. The molecule has 1 aliphatic heterocycles. The van der Waals surface area contributed by atoms with Crippen LogP contribution in [0.3, 0.4) is 0 Å². The molecule has 0 aromatic heterocycles. The van der Waals surface area contributed by atoms with Gasteiger partial charge in [0.1, 0.15) is 6.04 Å². The zero-order valence-corrected chi connectivity index (χ0v) is 9.86. The van der Waals surface area contributed by atoms with E-state index in [0.29, 0.717) is 5.69 Å². The molecule has 1 unspecified atom stereocenters. The Balaban J connectivity index is 2.17. The standard InChI is InChI=1S/C12H15N3O2/c1-7-5-8(13)3-4-9(7)14-10-6-11(16)15(2)12(10)17/h3-5,10,14H,6,13H2,1-2H3. The molecule has 3 N–H and O–H groups in total. The van der Waals surface area contributed by atoms with Crippen molar-refractivity contribution in [3.8, 4) is 0 Å². The van der Waals surface area contributed by atoms with Crippen LogP contribution < -0.4 is 11.1 Å². The summed E-state index contributed by atoms with van der Waals surface area (Å²) in [4.78, 5) is 24.2. The van der Waals surface area contributed by atoms with Crippen LogP contribution in [-0.4, -0.2) is 29.8 Å². The normalized spacial score (nSPS) is 19.9. The second-order valence-electron chi connectivity index (χ2n) is 4.27. The number of hydrogen-bond acceptors (Lipinski definition) is 4. The number of amides is 2. The highest BCUT2D eigenvalue weighted by Crippen LogP contribution is 2.22. The van der Waals surface area contributed by atoms with Crippen LogP contribution in [0.5, 0.6) is 0 Å². The number of benzene rings is 1. The van der Waals surface area contributed by atoms with E-state index in [2.05, 4.69) is 5.32 Å². The summed E-state index contributed by atoms with van der Waals surface area (Å²) in [5.74, 6) is -0.341. The number of nitrogens with one attached hydrogen (secondary N) is 1. The number of likely N-dealkylation sites (N-methyl/N-ethyl adjacent to an activating group) is 1. The van der Waals surface area contributed by atoms with Gasteiger partial charge in [0, 0.05) is 18.4 Å². The van der Waals surface area contributed by atoms with Gasteiger partial charge < -0.3 is 11.1 Å². The molecule has 5 heteroatoms. The second kappa shape index (κ2) is 4.08. The van der Waals surface area contributed by atoms with Crippen molar-refractivity contribution in [2.75, 3.05) is 18.1 Å². The first-order valence-electron chi connectivity index (χ1n) is 5.42. The summed E-state index contributed by atoms with van der Waals surface area (Å²) in [5, 5.41) is 3.08. The Bertz CT molecular complexity index is 485. The molecule has 0 bridgehead atoms. The van der Waals surface area contributed by atoms with Gasteiger partial charge in [0.05, 0.1) is 6.42 Å². The van der Waals surface area contributed by atoms with E-state index >= 15 is 0 Å². The molecule has 90 valence electrons. The first-order valence-corrected chi connectivity index (χ1v) is 5.42. The molecular formula is C12H15N3O2. The Morgan fingerprint density at radius 2 is 2.12 bits per heavy atom. The summed E-state index contributed by atoms with van der Waals surface area (Å²) < 4.78 is 0. The van der Waals surface area contributed by atoms with Gasteiger partial charge in [-0.05, 0) is 30.7 Å². The monoisotopic (exact) mass is 233 g/mol. The third-order valence-electron chi connectivity index (χ3n) is 2.96. The molecule has 1 fully saturated rings. The number of aryl methyl sites for hydroxylation is 1. The fourth-order valence-corrected chi connectivity index (χ4v) is 1.90. The van der Waals surface area contributed by atoms with Crippen LogP contribution >= 0.6 is 0 Å². The number of likely N-dealkylation sites (tertiary alicyclic amines) is 1. The van der Waals surface area contributed by atoms with Crippen molar-refractivity contribution in [3.63, 3.8) is 0 Å². The van der Waals surface area contributed by atoms with Crippen LogP contribution in [0.4, 0.5) is 11.4 Å². The van der Waals surface area contributed by atoms with Crippen LogP contribution in [0.15, 0.2) is 18.2 Å². The molecular weight excluding hydrogens is 218 g/mol. The summed E-state index contributed by atoms with van der Waals surface area (Å²) in [7, 11) is 1.50. The quantitative estimate of drug-likeness (QED) is 0.583. The molecule has 1 aromatic carbocycles. The molecule has 0 radical (unpaired) electrons. The summed E-state index contributed by atoms with van der Waals surface area (Å²) in [6, 6.07) is 4.95. The predicted octanol–water partition coefficient (Wildman–Crippen LogP) is 0.746. The topological polar surface area (TPSA) is 75.4 Å². The van der Waals surface area contributed by atoms with Crippen molar-refractivity contribution in [1.29, 1.82) is 0 Å². The Morgan fingerprint density at radius 1 is 1.41 bits per heavy atom. The van der Waals surface area contributed by atoms with Gasteiger partial charge in [-0.15, -0.1) is 0 Å². The lowest BCUT2D eigenvalue weighted by molar-refractivity contribution is -0.136. The van der Waals surface area contributed by atoms with E-state index in [1.165, 1.54) is 7.05 Å². The molecule has 2 rings (SSSR count). The van der Waals surface area contributed by atoms with Gasteiger partial charge in [-0.25, -0.2) is 0 Å². The zero-order valence-electron chi connectivity index (χ0n) is 9.86. The van der Waals surface area contributed by atoms with Crippen LogP contribution in [0.1, 0.15) is 12.0 Å². The van der Waals surface area contributed by atoms with Crippen LogP contribution in [0.2, 0.25) is 0 Å². The minimum absolute atomic E-state index is 0.152. The van der Waals surface area contributed by atoms with Gasteiger partial charge in [-0.1, -0.05) is 0 Å². The number of imide groups is 1. The molecule has 2 amide bonds. The smallest absolute Gasteiger partial charge is 0.251 e. The average molecular weight is 233 g/mol. The highest BCUT2D eigenvalue weighted by molar-refractivity contribution is 6.06. The van der Waals surface area contributed by atoms with Crippen LogP contribution in [0, 0.1) is 6.92 Å². The fraction of sp³-hybridized carbons (Fsp3) is 0.333. The lowest BCUT2D eigenvalue weighted by Crippen LogP contribution is -2.31.